The van der Waals surface area contributed by atoms with Gasteiger partial charge in [0.1, 0.15) is 33.0 Å². The summed E-state index contributed by atoms with van der Waals surface area (Å²) < 4.78 is 44.3. The summed E-state index contributed by atoms with van der Waals surface area (Å²) in [5, 5.41) is 0. The number of phosphoric ester groups is 1. The highest BCUT2D eigenvalue weighted by Gasteiger charge is 2.22. The molecule has 2 atom stereocenters. The van der Waals surface area contributed by atoms with Crippen LogP contribution in [0.3, 0.4) is 0 Å². The molecule has 0 aromatic heterocycles. The summed E-state index contributed by atoms with van der Waals surface area (Å²) in [6.45, 7) is 7.27. The molecule has 0 saturated heterocycles. The highest BCUT2D eigenvalue weighted by molar-refractivity contribution is 7.45. The Kier molecular flexibility index (Phi) is 24.4. The molecule has 13 nitrogen and oxygen atoms in total. The van der Waals surface area contributed by atoms with Gasteiger partial charge < -0.3 is 37.4 Å². The van der Waals surface area contributed by atoms with E-state index in [0.717, 1.165) is 60.8 Å². The van der Waals surface area contributed by atoms with Crippen molar-refractivity contribution < 1.29 is 61.1 Å². The molecule has 0 radical (unpaired) electrons. The maximum absolute atomic E-state index is 12.7. The lowest BCUT2D eigenvalue weighted by Gasteiger charge is -2.28. The van der Waals surface area contributed by atoms with Crippen molar-refractivity contribution in [3.05, 3.63) is 83.9 Å². The third kappa shape index (κ3) is 25.3. The fraction of sp³-hybridized carbons (Fsp3) is 0.545. The molecule has 0 spiro atoms. The van der Waals surface area contributed by atoms with Gasteiger partial charge in [-0.25, -0.2) is 0 Å². The number of nitrogens with zero attached hydrogens (tertiary/aromatic N) is 1. The van der Waals surface area contributed by atoms with Crippen LogP contribution in [0.25, 0.3) is 12.2 Å². The molecule has 0 aliphatic carbocycles. The number of benzene rings is 2. The van der Waals surface area contributed by atoms with Gasteiger partial charge >= 0.3 is 23.9 Å². The van der Waals surface area contributed by atoms with E-state index in [-0.39, 0.29) is 51.2 Å². The second-order valence-electron chi connectivity index (χ2n) is 15.1. The molecule has 14 heteroatoms. The number of hydrogen-bond donors (Lipinski definition) is 0. The van der Waals surface area contributed by atoms with Crippen LogP contribution in [-0.2, 0) is 65.0 Å². The lowest BCUT2D eigenvalue weighted by Crippen LogP contribution is -2.37. The van der Waals surface area contributed by atoms with E-state index < -0.39 is 32.5 Å². The summed E-state index contributed by atoms with van der Waals surface area (Å²) in [5.74, 6) is -1.61. The molecule has 0 bridgehead atoms. The molecule has 58 heavy (non-hydrogen) atoms. The Hall–Kier alpha value is -4.13. The smallest absolute Gasteiger partial charge is 0.306 e. The second-order valence-corrected chi connectivity index (χ2v) is 16.5. The minimum absolute atomic E-state index is 0.0772. The first-order valence-electron chi connectivity index (χ1n) is 20.2. The number of unbranched alkanes of at least 4 members (excludes halogenated alkanes) is 8. The molecule has 2 aromatic carbocycles. The van der Waals surface area contributed by atoms with Crippen LogP contribution in [0.15, 0.2) is 61.7 Å². The highest BCUT2D eigenvalue weighted by Crippen LogP contribution is 2.38. The van der Waals surface area contributed by atoms with Gasteiger partial charge in [-0.2, -0.15) is 0 Å². The van der Waals surface area contributed by atoms with Gasteiger partial charge in [-0.3, -0.25) is 23.7 Å². The second kappa shape index (κ2) is 28.3. The van der Waals surface area contributed by atoms with Gasteiger partial charge in [-0.1, -0.05) is 112 Å². The highest BCUT2D eigenvalue weighted by atomic mass is 31.2. The number of quaternary nitrogens is 1. The lowest BCUT2D eigenvalue weighted by atomic mass is 10.1. The Balaban J connectivity index is 1.66. The van der Waals surface area contributed by atoms with Gasteiger partial charge in [-0.05, 0) is 47.9 Å². The third-order valence-electron chi connectivity index (χ3n) is 8.91. The van der Waals surface area contributed by atoms with Crippen LogP contribution in [0.2, 0.25) is 0 Å². The van der Waals surface area contributed by atoms with E-state index >= 15 is 0 Å². The van der Waals surface area contributed by atoms with Crippen molar-refractivity contribution in [3.63, 3.8) is 0 Å². The fourth-order valence-electron chi connectivity index (χ4n) is 5.37. The Morgan fingerprint density at radius 1 is 0.603 bits per heavy atom. The summed E-state index contributed by atoms with van der Waals surface area (Å²) in [6.07, 6.45) is 10.3. The maximum atomic E-state index is 12.7. The molecule has 322 valence electrons. The van der Waals surface area contributed by atoms with E-state index in [2.05, 4.69) is 13.2 Å². The molecular weight excluding hydrogens is 765 g/mol. The standard InChI is InChI=1S/C44H64NO12P/c1-6-36-22-26-38(27-23-36)32-52-41(46)18-14-10-8-11-16-20-43(48)54-34-40(35-56-58(50,51)55-31-30-45(3,4)5)57-44(49)21-17-13-9-12-15-19-42(47)53-33-39-28-24-37(7-2)25-29-39/h6-7,22-29,40H,1-2,8-21,30-35H2,3-5H3/t40-/m1/s1. The average molecular weight is 830 g/mol. The van der Waals surface area contributed by atoms with E-state index in [4.69, 9.17) is 28.0 Å². The third-order valence-corrected chi connectivity index (χ3v) is 9.88. The zero-order valence-corrected chi connectivity index (χ0v) is 35.6. The van der Waals surface area contributed by atoms with Gasteiger partial charge in [0.25, 0.3) is 7.82 Å². The molecule has 2 aromatic rings. The van der Waals surface area contributed by atoms with Gasteiger partial charge in [-0.15, -0.1) is 0 Å². The van der Waals surface area contributed by atoms with Crippen LogP contribution in [0.5, 0.6) is 0 Å². The number of likely N-dealkylation sites (N-methyl/N-ethyl adjacent to an activating group) is 1. The first-order chi connectivity index (χ1) is 27.7. The monoisotopic (exact) mass is 829 g/mol. The maximum Gasteiger partial charge on any atom is 0.306 e. The summed E-state index contributed by atoms with van der Waals surface area (Å²) in [4.78, 5) is 61.7. The summed E-state index contributed by atoms with van der Waals surface area (Å²) >= 11 is 0. The number of hydrogen-bond acceptors (Lipinski definition) is 12. The Labute approximate surface area is 344 Å². The van der Waals surface area contributed by atoms with Crippen LogP contribution in [-0.4, -0.2) is 82.0 Å². The largest absolute Gasteiger partial charge is 0.756 e. The van der Waals surface area contributed by atoms with Crippen LogP contribution >= 0.6 is 7.82 Å². The van der Waals surface area contributed by atoms with Crippen molar-refractivity contribution in [2.75, 3.05) is 47.5 Å². The summed E-state index contributed by atoms with van der Waals surface area (Å²) in [5.41, 5.74) is 3.81. The van der Waals surface area contributed by atoms with Crippen LogP contribution in [0.4, 0.5) is 0 Å². The van der Waals surface area contributed by atoms with Crippen molar-refractivity contribution in [1.29, 1.82) is 0 Å². The fourth-order valence-corrected chi connectivity index (χ4v) is 6.10. The lowest BCUT2D eigenvalue weighted by molar-refractivity contribution is -0.870. The SMILES string of the molecule is C=Cc1ccc(COC(=O)CCCCCCCC(=O)OC[C@H](COP(=O)([O-])OCC[N+](C)(C)C)OC(=O)CCCCCCCC(=O)OCc2ccc(C=C)cc2)cc1. The number of ether oxygens (including phenoxy) is 4. The average Bonchev–Trinajstić information content (AvgIpc) is 3.19. The van der Waals surface area contributed by atoms with E-state index in [9.17, 15) is 28.6 Å². The van der Waals surface area contributed by atoms with Crippen molar-refractivity contribution >= 4 is 43.9 Å². The van der Waals surface area contributed by atoms with Crippen LogP contribution in [0.1, 0.15) is 112 Å². The predicted molar refractivity (Wildman–Crippen MR) is 221 cm³/mol. The Morgan fingerprint density at radius 2 is 1.00 bits per heavy atom. The number of carbonyl (C=O) groups excluding carboxylic acids is 4. The zero-order chi connectivity index (χ0) is 42.7. The topological polar surface area (TPSA) is 164 Å². The first kappa shape index (κ1) is 50.0. The summed E-state index contributed by atoms with van der Waals surface area (Å²) in [6, 6.07) is 15.2. The van der Waals surface area contributed by atoms with Crippen LogP contribution < -0.4 is 4.89 Å². The number of carbonyl (C=O) groups is 4. The zero-order valence-electron chi connectivity index (χ0n) is 34.7. The van der Waals surface area contributed by atoms with E-state index in [1.807, 2.05) is 69.7 Å². The van der Waals surface area contributed by atoms with E-state index in [1.165, 1.54) is 0 Å². The summed E-state index contributed by atoms with van der Waals surface area (Å²) in [7, 11) is 0.955. The van der Waals surface area contributed by atoms with Gasteiger partial charge in [0.2, 0.25) is 0 Å². The minimum atomic E-state index is -4.71. The molecular formula is C44H64NO12P. The van der Waals surface area contributed by atoms with Crippen LogP contribution in [0, 0.1) is 0 Å². The van der Waals surface area contributed by atoms with Gasteiger partial charge in [0, 0.05) is 25.7 Å². The molecule has 1 unspecified atom stereocenters. The van der Waals surface area contributed by atoms with Crippen molar-refractivity contribution in [3.8, 4) is 0 Å². The molecule has 0 heterocycles. The molecule has 2 rings (SSSR count). The van der Waals surface area contributed by atoms with Gasteiger partial charge in [0.15, 0.2) is 6.10 Å². The van der Waals surface area contributed by atoms with Crippen molar-refractivity contribution in [2.45, 2.75) is 109 Å². The predicted octanol–water partition coefficient (Wildman–Crippen LogP) is 7.88. The molecule has 0 N–H and O–H groups in total. The molecule has 0 fully saturated rings. The Bertz CT molecular complexity index is 1590. The molecule has 0 amide bonds. The molecule has 0 saturated carbocycles. The van der Waals surface area contributed by atoms with Crippen molar-refractivity contribution in [2.24, 2.45) is 0 Å². The number of rotatable bonds is 32. The van der Waals surface area contributed by atoms with E-state index in [0.29, 0.717) is 49.6 Å². The van der Waals surface area contributed by atoms with Crippen molar-refractivity contribution in [1.82, 2.24) is 0 Å². The normalized spacial score (nSPS) is 12.8. The quantitative estimate of drug-likeness (QED) is 0.0231. The Morgan fingerprint density at radius 3 is 1.41 bits per heavy atom. The number of esters is 4. The molecule has 0 aliphatic heterocycles. The molecule has 0 aliphatic rings. The minimum Gasteiger partial charge on any atom is -0.756 e. The number of phosphoric acid groups is 1. The van der Waals surface area contributed by atoms with E-state index in [1.54, 1.807) is 12.2 Å². The van der Waals surface area contributed by atoms with Gasteiger partial charge in [0.05, 0.1) is 27.7 Å². The first-order valence-corrected chi connectivity index (χ1v) is 21.6.